The van der Waals surface area contributed by atoms with Gasteiger partial charge in [-0.2, -0.15) is 9.78 Å². The Kier molecular flexibility index (Phi) is 6.16. The highest BCUT2D eigenvalue weighted by Gasteiger charge is 2.23. The Morgan fingerprint density at radius 2 is 1.81 bits per heavy atom. The van der Waals surface area contributed by atoms with Gasteiger partial charge in [-0.3, -0.25) is 14.9 Å². The minimum Gasteiger partial charge on any atom is -0.493 e. The van der Waals surface area contributed by atoms with Gasteiger partial charge in [-0.25, -0.2) is 4.98 Å². The van der Waals surface area contributed by atoms with Crippen molar-refractivity contribution in [3.8, 4) is 11.5 Å². The minimum absolute atomic E-state index is 0.110. The van der Waals surface area contributed by atoms with Gasteiger partial charge in [-0.05, 0) is 31.0 Å². The van der Waals surface area contributed by atoms with E-state index in [-0.39, 0.29) is 28.5 Å². The fraction of sp³-hybridized carbons (Fsp3) is 0.348. The molecule has 1 heterocycles. The highest BCUT2D eigenvalue weighted by Crippen LogP contribution is 2.34. The molecule has 0 amide bonds. The molecule has 0 saturated heterocycles. The second-order valence-electron chi connectivity index (χ2n) is 7.71. The highest BCUT2D eigenvalue weighted by molar-refractivity contribution is 5.87. The number of fused-ring (bicyclic) bond motifs is 1. The van der Waals surface area contributed by atoms with Gasteiger partial charge in [0.05, 0.1) is 47.9 Å². The maximum absolute atomic E-state index is 13.3. The fourth-order valence-corrected chi connectivity index (χ4v) is 4.14. The molecule has 9 nitrogen and oxygen atoms in total. The summed E-state index contributed by atoms with van der Waals surface area (Å²) in [6.07, 6.45) is 6.46. The smallest absolute Gasteiger partial charge is 0.282 e. The van der Waals surface area contributed by atoms with Crippen LogP contribution in [0, 0.1) is 10.1 Å². The lowest BCUT2D eigenvalue weighted by Gasteiger charge is -2.22. The molecular formula is C23H24N4O5. The van der Waals surface area contributed by atoms with Crippen molar-refractivity contribution < 1.29 is 14.4 Å². The topological polar surface area (TPSA) is 109 Å². The molecular weight excluding hydrogens is 412 g/mol. The summed E-state index contributed by atoms with van der Waals surface area (Å²) in [4.78, 5) is 29.1. The predicted octanol–water partition coefficient (Wildman–Crippen LogP) is 4.25. The van der Waals surface area contributed by atoms with E-state index in [9.17, 15) is 14.9 Å². The van der Waals surface area contributed by atoms with Crippen molar-refractivity contribution in [2.45, 2.75) is 38.0 Å². The van der Waals surface area contributed by atoms with Gasteiger partial charge in [-0.1, -0.05) is 31.4 Å². The van der Waals surface area contributed by atoms with Gasteiger partial charge in [0.1, 0.15) is 5.82 Å². The number of hydrogen-bond acceptors (Lipinski definition) is 7. The number of nitro groups is 1. The van der Waals surface area contributed by atoms with E-state index in [2.05, 4.69) is 5.10 Å². The highest BCUT2D eigenvalue weighted by atomic mass is 16.6. The van der Waals surface area contributed by atoms with E-state index >= 15 is 0 Å². The zero-order valence-electron chi connectivity index (χ0n) is 18.0. The lowest BCUT2D eigenvalue weighted by molar-refractivity contribution is -0.385. The third kappa shape index (κ3) is 4.05. The monoisotopic (exact) mass is 436 g/mol. The third-order valence-electron chi connectivity index (χ3n) is 5.79. The first-order valence-electron chi connectivity index (χ1n) is 10.5. The van der Waals surface area contributed by atoms with Crippen molar-refractivity contribution in [2.24, 2.45) is 5.10 Å². The third-order valence-corrected chi connectivity index (χ3v) is 5.79. The van der Waals surface area contributed by atoms with Crippen molar-refractivity contribution in [1.29, 1.82) is 0 Å². The molecule has 1 aromatic heterocycles. The molecule has 0 unspecified atom stereocenters. The van der Waals surface area contributed by atoms with Gasteiger partial charge in [-0.15, -0.1) is 0 Å². The van der Waals surface area contributed by atoms with E-state index in [0.717, 1.165) is 32.1 Å². The van der Waals surface area contributed by atoms with E-state index in [0.29, 0.717) is 22.5 Å². The lowest BCUT2D eigenvalue weighted by atomic mass is 9.88. The van der Waals surface area contributed by atoms with Crippen LogP contribution in [0.15, 0.2) is 46.3 Å². The Hall–Kier alpha value is -3.75. The van der Waals surface area contributed by atoms with E-state index in [4.69, 9.17) is 14.5 Å². The summed E-state index contributed by atoms with van der Waals surface area (Å²) < 4.78 is 11.7. The summed E-state index contributed by atoms with van der Waals surface area (Å²) in [6.45, 7) is 0. The molecule has 1 fully saturated rings. The van der Waals surface area contributed by atoms with Crippen LogP contribution in [0.25, 0.3) is 10.9 Å². The molecule has 0 aliphatic heterocycles. The Morgan fingerprint density at radius 1 is 1.12 bits per heavy atom. The first-order chi connectivity index (χ1) is 15.5. The Morgan fingerprint density at radius 3 is 2.50 bits per heavy atom. The predicted molar refractivity (Wildman–Crippen MR) is 121 cm³/mol. The second kappa shape index (κ2) is 9.17. The van der Waals surface area contributed by atoms with Crippen LogP contribution < -0.4 is 15.0 Å². The molecule has 3 aromatic rings. The average Bonchev–Trinajstić information content (AvgIpc) is 2.83. The molecule has 0 radical (unpaired) electrons. The van der Waals surface area contributed by atoms with E-state index < -0.39 is 4.92 Å². The summed E-state index contributed by atoms with van der Waals surface area (Å²) >= 11 is 0. The van der Waals surface area contributed by atoms with Crippen molar-refractivity contribution in [3.05, 3.63) is 68.3 Å². The average molecular weight is 436 g/mol. The van der Waals surface area contributed by atoms with Crippen LogP contribution in [-0.4, -0.2) is 35.0 Å². The summed E-state index contributed by atoms with van der Waals surface area (Å²) in [5.74, 6) is 1.27. The molecule has 1 aliphatic carbocycles. The molecule has 1 saturated carbocycles. The zero-order valence-corrected chi connectivity index (χ0v) is 18.0. The van der Waals surface area contributed by atoms with E-state index in [1.165, 1.54) is 37.2 Å². The number of aromatic nitrogens is 2. The number of methoxy groups -OCH3 is 2. The minimum atomic E-state index is -0.521. The molecule has 0 bridgehead atoms. The maximum Gasteiger partial charge on any atom is 0.282 e. The van der Waals surface area contributed by atoms with E-state index in [1.54, 1.807) is 12.1 Å². The summed E-state index contributed by atoms with van der Waals surface area (Å²) in [5, 5.41) is 16.5. The summed E-state index contributed by atoms with van der Waals surface area (Å²) in [7, 11) is 2.86. The molecule has 0 N–H and O–H groups in total. The van der Waals surface area contributed by atoms with Gasteiger partial charge < -0.3 is 9.47 Å². The number of rotatable bonds is 6. The molecule has 1 aliphatic rings. The van der Waals surface area contributed by atoms with Crippen LogP contribution in [0.3, 0.4) is 0 Å². The van der Waals surface area contributed by atoms with Crippen LogP contribution in [0.1, 0.15) is 49.4 Å². The number of nitrogens with zero attached hydrogens (tertiary/aromatic N) is 4. The van der Waals surface area contributed by atoms with Crippen molar-refractivity contribution in [3.63, 3.8) is 0 Å². The van der Waals surface area contributed by atoms with Gasteiger partial charge in [0.15, 0.2) is 11.5 Å². The van der Waals surface area contributed by atoms with Gasteiger partial charge in [0.2, 0.25) is 0 Å². The number of hydrogen-bond donors (Lipinski definition) is 0. The van der Waals surface area contributed by atoms with Crippen LogP contribution in [-0.2, 0) is 0 Å². The fourth-order valence-electron chi connectivity index (χ4n) is 4.14. The second-order valence-corrected chi connectivity index (χ2v) is 7.71. The van der Waals surface area contributed by atoms with Crippen LogP contribution in [0.5, 0.6) is 11.5 Å². The van der Waals surface area contributed by atoms with Gasteiger partial charge in [0, 0.05) is 5.92 Å². The Balaban J connectivity index is 1.88. The maximum atomic E-state index is 13.3. The standard InChI is InChI=1S/C23H24N4O5/c1-31-20-12-16(19(27(29)30)13-21(20)32-2)14-24-26-22(15-8-4-3-5-9-15)25-18-11-7-6-10-17(18)23(26)28/h6-7,10-15H,3-5,8-9H2,1-2H3. The number of nitro benzene ring substituents is 1. The first-order valence-corrected chi connectivity index (χ1v) is 10.5. The number of benzene rings is 2. The normalized spacial score (nSPS) is 14.7. The molecule has 32 heavy (non-hydrogen) atoms. The molecule has 2 aromatic carbocycles. The molecule has 0 atom stereocenters. The van der Waals surface area contributed by atoms with Crippen LogP contribution in [0.2, 0.25) is 0 Å². The van der Waals surface area contributed by atoms with Crippen LogP contribution in [0.4, 0.5) is 5.69 Å². The first kappa shape index (κ1) is 21.5. The largest absolute Gasteiger partial charge is 0.493 e. The van der Waals surface area contributed by atoms with Crippen molar-refractivity contribution >= 4 is 22.8 Å². The van der Waals surface area contributed by atoms with Crippen LogP contribution >= 0.6 is 0 Å². The number of ether oxygens (including phenoxy) is 2. The van der Waals surface area contributed by atoms with E-state index in [1.807, 2.05) is 12.1 Å². The lowest BCUT2D eigenvalue weighted by Crippen LogP contribution is -2.25. The molecule has 4 rings (SSSR count). The summed E-state index contributed by atoms with van der Waals surface area (Å²) in [6, 6.07) is 9.90. The van der Waals surface area contributed by atoms with Crippen molar-refractivity contribution in [2.75, 3.05) is 14.2 Å². The SMILES string of the molecule is COc1cc(C=Nn2c(C3CCCCC3)nc3ccccc3c2=O)c([N+](=O)[O-])cc1OC. The van der Waals surface area contributed by atoms with Crippen molar-refractivity contribution in [1.82, 2.24) is 9.66 Å². The molecule has 166 valence electrons. The molecule has 0 spiro atoms. The van der Waals surface area contributed by atoms with Gasteiger partial charge in [0.25, 0.3) is 11.2 Å². The summed E-state index contributed by atoms with van der Waals surface area (Å²) in [5.41, 5.74) is 0.326. The van der Waals surface area contributed by atoms with Gasteiger partial charge >= 0.3 is 0 Å². The quantitative estimate of drug-likeness (QED) is 0.325. The Bertz CT molecular complexity index is 1250. The Labute approximate surface area is 184 Å². The number of para-hydroxylation sites is 1. The zero-order chi connectivity index (χ0) is 22.7. The molecule has 9 heteroatoms.